The number of para-hydroxylation sites is 1. The minimum atomic E-state index is -0.622. The van der Waals surface area contributed by atoms with Gasteiger partial charge < -0.3 is 4.74 Å². The highest BCUT2D eigenvalue weighted by molar-refractivity contribution is 7.15. The lowest BCUT2D eigenvalue weighted by Crippen LogP contribution is -2.30. The molecule has 0 aliphatic carbocycles. The Kier molecular flexibility index (Phi) is 5.62. The van der Waals surface area contributed by atoms with Gasteiger partial charge >= 0.3 is 0 Å². The highest BCUT2D eigenvalue weighted by atomic mass is 32.1. The molecule has 0 radical (unpaired) electrons. The molecule has 3 aromatic rings. The van der Waals surface area contributed by atoms with Crippen molar-refractivity contribution < 1.29 is 9.53 Å². The standard InChI is InChI=1S/C20H17N3O2S/c1-14(25-17-5-3-2-4-6-17)19(24)23-20-22-13-18(26-20)11-15-7-9-16(12-21)10-8-15/h2-10,13-14H,11H2,1H3,(H,22,23,24). The van der Waals surface area contributed by atoms with Gasteiger partial charge in [0.1, 0.15) is 5.75 Å². The largest absolute Gasteiger partial charge is 0.481 e. The van der Waals surface area contributed by atoms with Gasteiger partial charge in [0.25, 0.3) is 5.91 Å². The molecule has 0 saturated heterocycles. The van der Waals surface area contributed by atoms with E-state index in [2.05, 4.69) is 16.4 Å². The SMILES string of the molecule is CC(Oc1ccccc1)C(=O)Nc1ncc(Cc2ccc(C#N)cc2)s1. The number of ether oxygens (including phenoxy) is 1. The van der Waals surface area contributed by atoms with Gasteiger partial charge in [0.15, 0.2) is 11.2 Å². The molecule has 1 amide bonds. The van der Waals surface area contributed by atoms with Crippen LogP contribution in [0.3, 0.4) is 0 Å². The second-order valence-corrected chi connectivity index (χ2v) is 6.79. The number of nitrogens with one attached hydrogen (secondary N) is 1. The Labute approximate surface area is 155 Å². The van der Waals surface area contributed by atoms with Gasteiger partial charge in [-0.15, -0.1) is 11.3 Å². The molecule has 0 aliphatic heterocycles. The zero-order chi connectivity index (χ0) is 18.4. The molecule has 1 atom stereocenters. The summed E-state index contributed by atoms with van der Waals surface area (Å²) in [4.78, 5) is 17.5. The number of nitrogens with zero attached hydrogens (tertiary/aromatic N) is 2. The van der Waals surface area contributed by atoms with E-state index in [1.807, 2.05) is 42.5 Å². The molecule has 26 heavy (non-hydrogen) atoms. The quantitative estimate of drug-likeness (QED) is 0.718. The Bertz CT molecular complexity index is 914. The summed E-state index contributed by atoms with van der Waals surface area (Å²) in [6.45, 7) is 1.70. The molecular formula is C20H17N3O2S. The summed E-state index contributed by atoms with van der Waals surface area (Å²) >= 11 is 1.43. The van der Waals surface area contributed by atoms with Gasteiger partial charge in [-0.1, -0.05) is 30.3 Å². The van der Waals surface area contributed by atoms with Crippen molar-refractivity contribution in [2.75, 3.05) is 5.32 Å². The number of carbonyl (C=O) groups is 1. The summed E-state index contributed by atoms with van der Waals surface area (Å²) in [5, 5.41) is 12.2. The lowest BCUT2D eigenvalue weighted by molar-refractivity contribution is -0.122. The Morgan fingerprint density at radius 1 is 1.23 bits per heavy atom. The van der Waals surface area contributed by atoms with Crippen molar-refractivity contribution >= 4 is 22.4 Å². The van der Waals surface area contributed by atoms with Crippen LogP contribution in [0, 0.1) is 11.3 Å². The fourth-order valence-corrected chi connectivity index (χ4v) is 3.16. The first kappa shape index (κ1) is 17.6. The third kappa shape index (κ3) is 4.68. The Morgan fingerprint density at radius 2 is 1.96 bits per heavy atom. The van der Waals surface area contributed by atoms with Gasteiger partial charge in [-0.05, 0) is 36.8 Å². The van der Waals surface area contributed by atoms with E-state index in [0.717, 1.165) is 10.4 Å². The summed E-state index contributed by atoms with van der Waals surface area (Å²) in [5.74, 6) is 0.406. The number of hydrogen-bond donors (Lipinski definition) is 1. The molecule has 1 aromatic heterocycles. The van der Waals surface area contributed by atoms with E-state index in [4.69, 9.17) is 10.00 Å². The van der Waals surface area contributed by atoms with Crippen molar-refractivity contribution in [3.8, 4) is 11.8 Å². The molecule has 6 heteroatoms. The summed E-state index contributed by atoms with van der Waals surface area (Å²) in [6, 6.07) is 18.8. The monoisotopic (exact) mass is 363 g/mol. The lowest BCUT2D eigenvalue weighted by Gasteiger charge is -2.13. The van der Waals surface area contributed by atoms with Gasteiger partial charge in [-0.3, -0.25) is 10.1 Å². The van der Waals surface area contributed by atoms with E-state index in [1.165, 1.54) is 11.3 Å². The maximum Gasteiger partial charge on any atom is 0.266 e. The molecule has 0 bridgehead atoms. The molecule has 1 unspecified atom stereocenters. The van der Waals surface area contributed by atoms with Gasteiger partial charge in [0.05, 0.1) is 11.6 Å². The van der Waals surface area contributed by atoms with Crippen LogP contribution >= 0.6 is 11.3 Å². The van der Waals surface area contributed by atoms with Crippen molar-refractivity contribution in [1.82, 2.24) is 4.98 Å². The number of benzene rings is 2. The van der Waals surface area contributed by atoms with Crippen LogP contribution in [0.15, 0.2) is 60.8 Å². The molecule has 3 rings (SSSR count). The molecule has 1 N–H and O–H groups in total. The number of nitriles is 1. The smallest absolute Gasteiger partial charge is 0.266 e. The second-order valence-electron chi connectivity index (χ2n) is 5.68. The van der Waals surface area contributed by atoms with Crippen molar-refractivity contribution in [3.63, 3.8) is 0 Å². The first-order chi connectivity index (χ1) is 12.6. The number of amides is 1. The summed E-state index contributed by atoms with van der Waals surface area (Å²) in [7, 11) is 0. The van der Waals surface area contributed by atoms with Crippen LogP contribution < -0.4 is 10.1 Å². The first-order valence-corrected chi connectivity index (χ1v) is 8.92. The van der Waals surface area contributed by atoms with E-state index in [-0.39, 0.29) is 5.91 Å². The molecule has 0 aliphatic rings. The lowest BCUT2D eigenvalue weighted by atomic mass is 10.1. The third-order valence-corrected chi connectivity index (χ3v) is 4.58. The van der Waals surface area contributed by atoms with Crippen LogP contribution in [0.5, 0.6) is 5.75 Å². The van der Waals surface area contributed by atoms with Crippen molar-refractivity contribution in [2.24, 2.45) is 0 Å². The van der Waals surface area contributed by atoms with E-state index in [1.54, 1.807) is 25.3 Å². The van der Waals surface area contributed by atoms with Crippen LogP contribution in [-0.2, 0) is 11.2 Å². The van der Waals surface area contributed by atoms with Crippen molar-refractivity contribution in [1.29, 1.82) is 5.26 Å². The van der Waals surface area contributed by atoms with Gasteiger partial charge in [0, 0.05) is 17.5 Å². The predicted molar refractivity (Wildman–Crippen MR) is 101 cm³/mol. The number of hydrogen-bond acceptors (Lipinski definition) is 5. The van der Waals surface area contributed by atoms with Crippen LogP contribution in [0.4, 0.5) is 5.13 Å². The number of carbonyl (C=O) groups excluding carboxylic acids is 1. The number of aromatic nitrogens is 1. The minimum absolute atomic E-state index is 0.242. The minimum Gasteiger partial charge on any atom is -0.481 e. The molecule has 130 valence electrons. The van der Waals surface area contributed by atoms with Crippen molar-refractivity contribution in [2.45, 2.75) is 19.4 Å². The molecule has 0 fully saturated rings. The highest BCUT2D eigenvalue weighted by Gasteiger charge is 2.16. The van der Waals surface area contributed by atoms with Gasteiger partial charge in [0.2, 0.25) is 0 Å². The average molecular weight is 363 g/mol. The molecule has 0 saturated carbocycles. The van der Waals surface area contributed by atoms with Gasteiger partial charge in [-0.2, -0.15) is 5.26 Å². The Morgan fingerprint density at radius 3 is 2.65 bits per heavy atom. The van der Waals surface area contributed by atoms with Gasteiger partial charge in [-0.25, -0.2) is 4.98 Å². The number of anilines is 1. The Balaban J connectivity index is 1.57. The fourth-order valence-electron chi connectivity index (χ4n) is 2.31. The predicted octanol–water partition coefficient (Wildman–Crippen LogP) is 4.01. The molecular weight excluding hydrogens is 346 g/mol. The van der Waals surface area contributed by atoms with E-state index < -0.39 is 6.10 Å². The summed E-state index contributed by atoms with van der Waals surface area (Å²) < 4.78 is 5.61. The normalized spacial score (nSPS) is 11.4. The second kappa shape index (κ2) is 8.28. The highest BCUT2D eigenvalue weighted by Crippen LogP contribution is 2.22. The van der Waals surface area contributed by atoms with Crippen LogP contribution in [-0.4, -0.2) is 17.0 Å². The third-order valence-electron chi connectivity index (χ3n) is 3.67. The van der Waals surface area contributed by atoms with E-state index in [0.29, 0.717) is 22.9 Å². The van der Waals surface area contributed by atoms with E-state index >= 15 is 0 Å². The number of rotatable bonds is 6. The molecule has 5 nitrogen and oxygen atoms in total. The summed E-state index contributed by atoms with van der Waals surface area (Å²) in [5.41, 5.74) is 1.73. The first-order valence-electron chi connectivity index (χ1n) is 8.10. The molecule has 0 spiro atoms. The van der Waals surface area contributed by atoms with E-state index in [9.17, 15) is 4.79 Å². The maximum atomic E-state index is 12.3. The summed E-state index contributed by atoms with van der Waals surface area (Å²) in [6.07, 6.45) is 1.83. The van der Waals surface area contributed by atoms with Crippen LogP contribution in [0.2, 0.25) is 0 Å². The zero-order valence-corrected chi connectivity index (χ0v) is 15.0. The van der Waals surface area contributed by atoms with Crippen LogP contribution in [0.1, 0.15) is 22.9 Å². The zero-order valence-electron chi connectivity index (χ0n) is 14.2. The molecule has 2 aromatic carbocycles. The van der Waals surface area contributed by atoms with Crippen LogP contribution in [0.25, 0.3) is 0 Å². The number of thiazole rings is 1. The van der Waals surface area contributed by atoms with Crippen molar-refractivity contribution in [3.05, 3.63) is 76.8 Å². The maximum absolute atomic E-state index is 12.3. The topological polar surface area (TPSA) is 75.0 Å². The Hall–Kier alpha value is -3.17. The molecule has 1 heterocycles. The average Bonchev–Trinajstić information content (AvgIpc) is 3.10. The fraction of sp³-hybridized carbons (Fsp3) is 0.150.